The number of benzene rings is 1. The molecule has 0 saturated carbocycles. The van der Waals surface area contributed by atoms with Crippen LogP contribution in [-0.2, 0) is 4.74 Å². The van der Waals surface area contributed by atoms with Crippen LogP contribution in [0.15, 0.2) is 23.1 Å². The zero-order chi connectivity index (χ0) is 14.7. The predicted molar refractivity (Wildman–Crippen MR) is 87.3 cm³/mol. The van der Waals surface area contributed by atoms with Gasteiger partial charge in [-0.3, -0.25) is 4.79 Å². The van der Waals surface area contributed by atoms with Crippen molar-refractivity contribution >= 4 is 45.2 Å². The molecule has 1 fully saturated rings. The summed E-state index contributed by atoms with van der Waals surface area (Å²) < 4.78 is 5.65. The second-order valence-electron chi connectivity index (χ2n) is 4.76. The highest BCUT2D eigenvalue weighted by Crippen LogP contribution is 2.26. The lowest BCUT2D eigenvalue weighted by Gasteiger charge is -2.37. The lowest BCUT2D eigenvalue weighted by atomic mass is 10.1. The van der Waals surface area contributed by atoms with E-state index in [1.54, 1.807) is 17.8 Å². The third-order valence-electron chi connectivity index (χ3n) is 3.34. The zero-order valence-electron chi connectivity index (χ0n) is 11.4. The first kappa shape index (κ1) is 16.1. The summed E-state index contributed by atoms with van der Waals surface area (Å²) in [5, 5.41) is 1.23. The molecule has 0 spiro atoms. The normalized spacial score (nSPS) is 22.9. The van der Waals surface area contributed by atoms with Crippen LogP contribution >= 0.6 is 39.3 Å². The lowest BCUT2D eigenvalue weighted by molar-refractivity contribution is -0.0361. The molecule has 6 heteroatoms. The molecule has 1 aromatic rings. The summed E-state index contributed by atoms with van der Waals surface area (Å²) in [5.74, 6) is -0.0207. The van der Waals surface area contributed by atoms with Crippen molar-refractivity contribution in [2.24, 2.45) is 0 Å². The molecule has 1 heterocycles. The molecule has 1 amide bonds. The molecule has 3 nitrogen and oxygen atoms in total. The van der Waals surface area contributed by atoms with Crippen LogP contribution < -0.4 is 0 Å². The number of hydrogen-bond donors (Lipinski definition) is 0. The Kier molecular flexibility index (Phi) is 5.78. The number of carbonyl (C=O) groups excluding carboxylic acids is 1. The van der Waals surface area contributed by atoms with Crippen LogP contribution in [0.25, 0.3) is 0 Å². The van der Waals surface area contributed by atoms with Crippen LogP contribution in [0.5, 0.6) is 0 Å². The number of halogens is 2. The number of nitrogens with zero attached hydrogens (tertiary/aromatic N) is 1. The van der Waals surface area contributed by atoms with Gasteiger partial charge in [0, 0.05) is 16.8 Å². The lowest BCUT2D eigenvalue weighted by Crippen LogP contribution is -2.51. The van der Waals surface area contributed by atoms with Crippen molar-refractivity contribution < 1.29 is 9.53 Å². The summed E-state index contributed by atoms with van der Waals surface area (Å²) in [6, 6.07) is 5.63. The van der Waals surface area contributed by atoms with E-state index in [1.165, 1.54) is 0 Å². The number of rotatable bonds is 3. The summed E-state index contributed by atoms with van der Waals surface area (Å²) >= 11 is 11.2. The van der Waals surface area contributed by atoms with E-state index in [9.17, 15) is 4.79 Å². The van der Waals surface area contributed by atoms with E-state index in [2.05, 4.69) is 15.9 Å². The van der Waals surface area contributed by atoms with E-state index in [0.29, 0.717) is 23.7 Å². The number of thioether (sulfide) groups is 1. The summed E-state index contributed by atoms with van der Waals surface area (Å²) in [5.41, 5.74) is 0.570. The van der Waals surface area contributed by atoms with Crippen molar-refractivity contribution in [3.63, 3.8) is 0 Å². The largest absolute Gasteiger partial charge is 0.373 e. The molecule has 1 aliphatic rings. The highest BCUT2D eigenvalue weighted by atomic mass is 79.9. The van der Waals surface area contributed by atoms with Crippen LogP contribution in [0.4, 0.5) is 0 Å². The van der Waals surface area contributed by atoms with Gasteiger partial charge >= 0.3 is 0 Å². The van der Waals surface area contributed by atoms with Crippen molar-refractivity contribution in [3.05, 3.63) is 28.8 Å². The molecule has 0 radical (unpaired) electrons. The average molecular weight is 379 g/mol. The minimum Gasteiger partial charge on any atom is -0.373 e. The molecular formula is C14H17BrClNO2S. The Balaban J connectivity index is 2.25. The van der Waals surface area contributed by atoms with E-state index in [1.807, 2.05) is 30.2 Å². The zero-order valence-corrected chi connectivity index (χ0v) is 14.6. The second-order valence-corrected chi connectivity index (χ2v) is 6.70. The minimum absolute atomic E-state index is 0.0207. The highest BCUT2D eigenvalue weighted by Gasteiger charge is 2.30. The summed E-state index contributed by atoms with van der Waals surface area (Å²) in [6.45, 7) is 3.14. The van der Waals surface area contributed by atoms with Gasteiger partial charge < -0.3 is 9.64 Å². The fourth-order valence-corrected chi connectivity index (χ4v) is 3.17. The fourth-order valence-electron chi connectivity index (χ4n) is 2.14. The van der Waals surface area contributed by atoms with Crippen LogP contribution in [-0.4, -0.2) is 47.7 Å². The van der Waals surface area contributed by atoms with Crippen LogP contribution in [0.2, 0.25) is 5.02 Å². The maximum Gasteiger partial charge on any atom is 0.255 e. The van der Waals surface area contributed by atoms with E-state index in [-0.39, 0.29) is 18.1 Å². The Hall–Kier alpha value is -0.230. The number of morpholine rings is 1. The Morgan fingerprint density at radius 1 is 1.60 bits per heavy atom. The molecular weight excluding hydrogens is 362 g/mol. The molecule has 110 valence electrons. The molecule has 0 aromatic heterocycles. The molecule has 2 unspecified atom stereocenters. The Morgan fingerprint density at radius 2 is 2.35 bits per heavy atom. The molecule has 0 aliphatic carbocycles. The van der Waals surface area contributed by atoms with Gasteiger partial charge in [-0.25, -0.2) is 0 Å². The van der Waals surface area contributed by atoms with Gasteiger partial charge in [-0.15, -0.1) is 11.8 Å². The number of carbonyl (C=O) groups is 1. The number of ether oxygens (including phenoxy) is 1. The van der Waals surface area contributed by atoms with E-state index < -0.39 is 0 Å². The van der Waals surface area contributed by atoms with Gasteiger partial charge in [0.05, 0.1) is 29.3 Å². The monoisotopic (exact) mass is 377 g/mol. The van der Waals surface area contributed by atoms with Gasteiger partial charge in [-0.05, 0) is 31.4 Å². The van der Waals surface area contributed by atoms with Gasteiger partial charge in [-0.1, -0.05) is 27.5 Å². The molecule has 2 rings (SSSR count). The Morgan fingerprint density at radius 3 is 3.00 bits per heavy atom. The molecule has 1 aliphatic heterocycles. The fraction of sp³-hybridized carbons (Fsp3) is 0.500. The second kappa shape index (κ2) is 7.16. The van der Waals surface area contributed by atoms with Gasteiger partial charge in [0.15, 0.2) is 0 Å². The minimum atomic E-state index is -0.0207. The first-order valence-corrected chi connectivity index (χ1v) is 9.11. The number of amides is 1. The molecule has 20 heavy (non-hydrogen) atoms. The number of alkyl halides is 1. The van der Waals surface area contributed by atoms with Gasteiger partial charge in [0.25, 0.3) is 5.91 Å². The van der Waals surface area contributed by atoms with Crippen molar-refractivity contribution in [1.82, 2.24) is 4.90 Å². The third kappa shape index (κ3) is 3.50. The predicted octanol–water partition coefficient (Wildman–Crippen LogP) is 3.69. The van der Waals surface area contributed by atoms with Crippen LogP contribution in [0.1, 0.15) is 17.3 Å². The number of hydrogen-bond acceptors (Lipinski definition) is 3. The molecule has 1 saturated heterocycles. The molecule has 0 bridgehead atoms. The van der Waals surface area contributed by atoms with Crippen LogP contribution in [0.3, 0.4) is 0 Å². The summed E-state index contributed by atoms with van der Waals surface area (Å²) in [7, 11) is 0. The van der Waals surface area contributed by atoms with Gasteiger partial charge in [-0.2, -0.15) is 0 Å². The van der Waals surface area contributed by atoms with E-state index in [4.69, 9.17) is 16.3 Å². The molecule has 2 atom stereocenters. The first-order chi connectivity index (χ1) is 9.56. The van der Waals surface area contributed by atoms with Gasteiger partial charge in [0.1, 0.15) is 0 Å². The highest BCUT2D eigenvalue weighted by molar-refractivity contribution is 9.09. The summed E-state index contributed by atoms with van der Waals surface area (Å²) in [4.78, 5) is 15.6. The first-order valence-electron chi connectivity index (χ1n) is 6.39. The molecule has 1 aromatic carbocycles. The van der Waals surface area contributed by atoms with Crippen molar-refractivity contribution in [2.45, 2.75) is 24.0 Å². The quantitative estimate of drug-likeness (QED) is 0.593. The maximum atomic E-state index is 12.7. The van der Waals surface area contributed by atoms with Crippen LogP contribution in [0, 0.1) is 0 Å². The standard InChI is InChI=1S/C14H17BrClNO2S/c1-9-8-19-10(6-15)7-17(9)14(18)12-5-11(20-2)3-4-13(12)16/h3-5,9-10H,6-8H2,1-2H3. The maximum absolute atomic E-state index is 12.7. The third-order valence-corrected chi connectivity index (χ3v) is 5.12. The SMILES string of the molecule is CSc1ccc(Cl)c(C(=O)N2CC(CBr)OCC2C)c1. The van der Waals surface area contributed by atoms with Crippen molar-refractivity contribution in [2.75, 3.05) is 24.7 Å². The average Bonchev–Trinajstić information content (AvgIpc) is 2.47. The summed E-state index contributed by atoms with van der Waals surface area (Å²) in [6.07, 6.45) is 2.02. The van der Waals surface area contributed by atoms with Crippen molar-refractivity contribution in [1.29, 1.82) is 0 Å². The van der Waals surface area contributed by atoms with Crippen molar-refractivity contribution in [3.8, 4) is 0 Å². The Bertz CT molecular complexity index is 500. The topological polar surface area (TPSA) is 29.5 Å². The molecule has 0 N–H and O–H groups in total. The van der Waals surface area contributed by atoms with E-state index in [0.717, 1.165) is 10.2 Å². The Labute approximate surface area is 137 Å². The van der Waals surface area contributed by atoms with E-state index >= 15 is 0 Å². The van der Waals surface area contributed by atoms with Gasteiger partial charge in [0.2, 0.25) is 0 Å². The smallest absolute Gasteiger partial charge is 0.255 e.